The molecule has 2 aromatic heterocycles. The zero-order valence-electron chi connectivity index (χ0n) is 14.0. The Hall–Kier alpha value is -2.33. The number of hydrogen-bond donors (Lipinski definition) is 1. The fourth-order valence-electron chi connectivity index (χ4n) is 2.37. The molecule has 1 aromatic carbocycles. The highest BCUT2D eigenvalue weighted by Gasteiger charge is 2.20. The zero-order chi connectivity index (χ0) is 18.8. The van der Waals surface area contributed by atoms with Gasteiger partial charge < -0.3 is 19.5 Å². The van der Waals surface area contributed by atoms with Gasteiger partial charge in [0.15, 0.2) is 22.8 Å². The van der Waals surface area contributed by atoms with Crippen LogP contribution in [0, 0.1) is 0 Å². The standard InChI is InChI=1S/C16H14Br2N4O4/c1-24-10-4-9(5-11(25-2)14(10)26-3)20-16(23)13-12(18)15-19-6-8(17)7-22(15)21-13/h4-7H,1-3H3,(H,20,23). The first-order chi connectivity index (χ1) is 12.5. The minimum atomic E-state index is -0.409. The number of amides is 1. The van der Waals surface area contributed by atoms with E-state index in [4.69, 9.17) is 14.2 Å². The predicted octanol–water partition coefficient (Wildman–Crippen LogP) is 3.53. The maximum Gasteiger partial charge on any atom is 0.277 e. The van der Waals surface area contributed by atoms with Gasteiger partial charge >= 0.3 is 0 Å². The number of benzene rings is 1. The number of fused-ring (bicyclic) bond motifs is 1. The van der Waals surface area contributed by atoms with Crippen LogP contribution in [-0.2, 0) is 0 Å². The first-order valence-corrected chi connectivity index (χ1v) is 8.87. The predicted molar refractivity (Wildman–Crippen MR) is 102 cm³/mol. The zero-order valence-corrected chi connectivity index (χ0v) is 17.2. The van der Waals surface area contributed by atoms with E-state index < -0.39 is 5.91 Å². The normalized spacial score (nSPS) is 10.7. The van der Waals surface area contributed by atoms with E-state index in [1.807, 2.05) is 0 Å². The largest absolute Gasteiger partial charge is 0.493 e. The van der Waals surface area contributed by atoms with Crippen LogP contribution in [0.3, 0.4) is 0 Å². The van der Waals surface area contributed by atoms with E-state index in [1.54, 1.807) is 24.5 Å². The lowest BCUT2D eigenvalue weighted by molar-refractivity contribution is 0.102. The molecule has 0 aliphatic carbocycles. The van der Waals surface area contributed by atoms with Gasteiger partial charge in [-0.25, -0.2) is 9.50 Å². The number of aromatic nitrogens is 3. The van der Waals surface area contributed by atoms with Crippen molar-refractivity contribution in [2.45, 2.75) is 0 Å². The first kappa shape index (κ1) is 18.5. The number of nitrogens with zero attached hydrogens (tertiary/aromatic N) is 3. The van der Waals surface area contributed by atoms with Crippen molar-refractivity contribution < 1.29 is 19.0 Å². The topological polar surface area (TPSA) is 87.0 Å². The van der Waals surface area contributed by atoms with Gasteiger partial charge in [0, 0.05) is 30.2 Å². The van der Waals surface area contributed by atoms with Crippen molar-refractivity contribution in [3.8, 4) is 17.2 Å². The minimum absolute atomic E-state index is 0.198. The molecule has 3 aromatic rings. The van der Waals surface area contributed by atoms with Crippen molar-refractivity contribution in [1.82, 2.24) is 14.6 Å². The summed E-state index contributed by atoms with van der Waals surface area (Å²) in [7, 11) is 4.52. The van der Waals surface area contributed by atoms with E-state index in [9.17, 15) is 4.79 Å². The smallest absolute Gasteiger partial charge is 0.277 e. The summed E-state index contributed by atoms with van der Waals surface area (Å²) in [6.45, 7) is 0. The molecule has 1 N–H and O–H groups in total. The Labute approximate surface area is 165 Å². The molecule has 136 valence electrons. The van der Waals surface area contributed by atoms with Gasteiger partial charge in [-0.15, -0.1) is 0 Å². The molecule has 10 heteroatoms. The molecule has 0 saturated carbocycles. The summed E-state index contributed by atoms with van der Waals surface area (Å²) >= 11 is 6.70. The average molecular weight is 486 g/mol. The van der Waals surface area contributed by atoms with E-state index in [0.717, 1.165) is 4.47 Å². The molecule has 0 aliphatic rings. The molecule has 0 aliphatic heterocycles. The van der Waals surface area contributed by atoms with Gasteiger partial charge in [0.1, 0.15) is 0 Å². The number of methoxy groups -OCH3 is 3. The van der Waals surface area contributed by atoms with Crippen molar-refractivity contribution >= 4 is 49.1 Å². The average Bonchev–Trinajstić information content (AvgIpc) is 2.96. The van der Waals surface area contributed by atoms with E-state index >= 15 is 0 Å². The van der Waals surface area contributed by atoms with Gasteiger partial charge in [-0.1, -0.05) is 0 Å². The molecule has 0 spiro atoms. The number of rotatable bonds is 5. The Bertz CT molecular complexity index is 965. The maximum atomic E-state index is 12.7. The van der Waals surface area contributed by atoms with Crippen molar-refractivity contribution in [3.63, 3.8) is 0 Å². The highest BCUT2D eigenvalue weighted by Crippen LogP contribution is 2.40. The van der Waals surface area contributed by atoms with Crippen LogP contribution in [-0.4, -0.2) is 41.8 Å². The number of hydrogen-bond acceptors (Lipinski definition) is 6. The molecule has 0 fully saturated rings. The Morgan fingerprint density at radius 3 is 2.35 bits per heavy atom. The molecular weight excluding hydrogens is 472 g/mol. The van der Waals surface area contributed by atoms with Gasteiger partial charge in [-0.2, -0.15) is 5.10 Å². The van der Waals surface area contributed by atoms with Gasteiger partial charge in [0.2, 0.25) is 5.75 Å². The summed E-state index contributed by atoms with van der Waals surface area (Å²) in [5, 5.41) is 7.04. The molecular formula is C16H14Br2N4O4. The van der Waals surface area contributed by atoms with Crippen molar-refractivity contribution in [2.75, 3.05) is 26.6 Å². The molecule has 0 unspecified atom stereocenters. The third-order valence-corrected chi connectivity index (χ3v) is 4.66. The Kier molecular flexibility index (Phi) is 5.33. The van der Waals surface area contributed by atoms with Crippen molar-refractivity contribution in [1.29, 1.82) is 0 Å². The number of carbonyl (C=O) groups excluding carboxylic acids is 1. The first-order valence-electron chi connectivity index (χ1n) is 7.29. The Morgan fingerprint density at radius 2 is 1.77 bits per heavy atom. The van der Waals surface area contributed by atoms with E-state index in [-0.39, 0.29) is 5.69 Å². The molecule has 2 heterocycles. The summed E-state index contributed by atoms with van der Waals surface area (Å²) in [6, 6.07) is 3.27. The third kappa shape index (κ3) is 3.34. The van der Waals surface area contributed by atoms with Crippen molar-refractivity contribution in [3.05, 3.63) is 39.2 Å². The van der Waals surface area contributed by atoms with Gasteiger partial charge in [0.25, 0.3) is 5.91 Å². The fourth-order valence-corrected chi connectivity index (χ4v) is 3.21. The van der Waals surface area contributed by atoms with E-state index in [2.05, 4.69) is 47.3 Å². The van der Waals surface area contributed by atoms with Gasteiger partial charge in [0.05, 0.1) is 30.3 Å². The van der Waals surface area contributed by atoms with Gasteiger partial charge in [-0.05, 0) is 31.9 Å². The summed E-state index contributed by atoms with van der Waals surface area (Å²) in [5.41, 5.74) is 1.20. The van der Waals surface area contributed by atoms with Crippen LogP contribution in [0.25, 0.3) is 5.65 Å². The lowest BCUT2D eigenvalue weighted by Crippen LogP contribution is -2.13. The minimum Gasteiger partial charge on any atom is -0.493 e. The van der Waals surface area contributed by atoms with Crippen LogP contribution in [0.2, 0.25) is 0 Å². The molecule has 8 nitrogen and oxygen atoms in total. The maximum absolute atomic E-state index is 12.7. The summed E-state index contributed by atoms with van der Waals surface area (Å²) in [5.74, 6) is 0.896. The molecule has 0 atom stereocenters. The van der Waals surface area contributed by atoms with Crippen LogP contribution in [0.1, 0.15) is 10.5 Å². The number of carbonyl (C=O) groups is 1. The van der Waals surface area contributed by atoms with Crippen LogP contribution < -0.4 is 19.5 Å². The fraction of sp³-hybridized carbons (Fsp3) is 0.188. The van der Waals surface area contributed by atoms with E-state index in [0.29, 0.717) is 33.1 Å². The third-order valence-electron chi connectivity index (χ3n) is 3.52. The lowest BCUT2D eigenvalue weighted by Gasteiger charge is -2.14. The second-order valence-corrected chi connectivity index (χ2v) is 6.78. The summed E-state index contributed by atoms with van der Waals surface area (Å²) in [4.78, 5) is 16.9. The highest BCUT2D eigenvalue weighted by atomic mass is 79.9. The SMILES string of the molecule is COc1cc(NC(=O)c2nn3cc(Br)cnc3c2Br)cc(OC)c1OC. The number of anilines is 1. The molecule has 1 amide bonds. The Morgan fingerprint density at radius 1 is 1.12 bits per heavy atom. The monoisotopic (exact) mass is 484 g/mol. The number of ether oxygens (including phenoxy) is 3. The second-order valence-electron chi connectivity index (χ2n) is 5.07. The number of nitrogens with one attached hydrogen (secondary N) is 1. The highest BCUT2D eigenvalue weighted by molar-refractivity contribution is 9.11. The lowest BCUT2D eigenvalue weighted by atomic mass is 10.2. The molecule has 0 saturated heterocycles. The second kappa shape index (κ2) is 7.50. The van der Waals surface area contributed by atoms with Crippen LogP contribution in [0.5, 0.6) is 17.2 Å². The van der Waals surface area contributed by atoms with Crippen LogP contribution >= 0.6 is 31.9 Å². The van der Waals surface area contributed by atoms with Gasteiger partial charge in [-0.3, -0.25) is 4.79 Å². The van der Waals surface area contributed by atoms with E-state index in [1.165, 1.54) is 25.8 Å². The molecule has 26 heavy (non-hydrogen) atoms. The van der Waals surface area contributed by atoms with Crippen molar-refractivity contribution in [2.24, 2.45) is 0 Å². The van der Waals surface area contributed by atoms with Crippen LogP contribution in [0.15, 0.2) is 33.5 Å². The summed E-state index contributed by atoms with van der Waals surface area (Å²) < 4.78 is 18.6. The quantitative estimate of drug-likeness (QED) is 0.594. The Balaban J connectivity index is 1.96. The van der Waals surface area contributed by atoms with Crippen LogP contribution in [0.4, 0.5) is 5.69 Å². The number of halogens is 2. The molecule has 0 bridgehead atoms. The molecule has 0 radical (unpaired) electrons. The molecule has 3 rings (SSSR count). The summed E-state index contributed by atoms with van der Waals surface area (Å²) in [6.07, 6.45) is 3.34.